The highest BCUT2D eigenvalue weighted by atomic mass is 16.5. The Labute approximate surface area is 148 Å². The molecule has 1 aliphatic rings. The van der Waals surface area contributed by atoms with E-state index in [1.165, 1.54) is 30.4 Å². The van der Waals surface area contributed by atoms with Crippen LogP contribution in [0.3, 0.4) is 0 Å². The lowest BCUT2D eigenvalue weighted by Crippen LogP contribution is -2.48. The van der Waals surface area contributed by atoms with Crippen molar-refractivity contribution in [1.82, 2.24) is 4.90 Å². The van der Waals surface area contributed by atoms with E-state index in [4.69, 9.17) is 4.74 Å². The van der Waals surface area contributed by atoms with E-state index in [9.17, 15) is 5.11 Å². The number of β-amino-alcohol motifs (C(OH)–C–C–N with tert-alkyl or cyclic N) is 1. The van der Waals surface area contributed by atoms with Gasteiger partial charge in [-0.15, -0.1) is 0 Å². The summed E-state index contributed by atoms with van der Waals surface area (Å²) in [5, 5.41) is 10.5. The van der Waals surface area contributed by atoms with Crippen molar-refractivity contribution in [3.05, 3.63) is 29.3 Å². The summed E-state index contributed by atoms with van der Waals surface area (Å²) in [4.78, 5) is 2.43. The van der Waals surface area contributed by atoms with Crippen LogP contribution in [0.4, 0.5) is 0 Å². The highest BCUT2D eigenvalue weighted by Gasteiger charge is 2.27. The molecule has 0 spiro atoms. The summed E-state index contributed by atoms with van der Waals surface area (Å²) in [5.41, 5.74) is 2.47. The molecule has 1 saturated heterocycles. The molecule has 0 saturated carbocycles. The Morgan fingerprint density at radius 3 is 2.42 bits per heavy atom. The molecule has 3 atom stereocenters. The zero-order valence-corrected chi connectivity index (χ0v) is 16.3. The van der Waals surface area contributed by atoms with Crippen molar-refractivity contribution in [2.75, 3.05) is 13.2 Å². The molecule has 1 aromatic carbocycles. The predicted molar refractivity (Wildman–Crippen MR) is 101 cm³/mol. The van der Waals surface area contributed by atoms with Crippen LogP contribution in [0.1, 0.15) is 65.0 Å². The smallest absolute Gasteiger partial charge is 0.123 e. The molecular formula is C21H35NO2. The minimum Gasteiger partial charge on any atom is -0.491 e. The fourth-order valence-electron chi connectivity index (χ4n) is 3.67. The standard InChI is InChI=1S/C21H35NO2/c1-15-10-11-20(19(12-15)21(4,5)6)24-14-18(23)13-22-16(2)8-7-9-17(22)3/h10-12,16-18,23H,7-9,13-14H2,1-6H3/t16-,17-,18+/m0/s1. The number of ether oxygens (including phenoxy) is 1. The maximum Gasteiger partial charge on any atom is 0.123 e. The van der Waals surface area contributed by atoms with Crippen LogP contribution in [-0.4, -0.2) is 41.3 Å². The lowest BCUT2D eigenvalue weighted by Gasteiger charge is -2.40. The molecule has 0 radical (unpaired) electrons. The van der Waals surface area contributed by atoms with E-state index in [-0.39, 0.29) is 5.41 Å². The van der Waals surface area contributed by atoms with Gasteiger partial charge in [0.2, 0.25) is 0 Å². The first kappa shape index (κ1) is 19.3. The van der Waals surface area contributed by atoms with Gasteiger partial charge in [-0.25, -0.2) is 0 Å². The topological polar surface area (TPSA) is 32.7 Å². The van der Waals surface area contributed by atoms with Crippen LogP contribution in [0.2, 0.25) is 0 Å². The first-order chi connectivity index (χ1) is 11.2. The van der Waals surface area contributed by atoms with Crippen LogP contribution in [0.5, 0.6) is 5.75 Å². The minimum absolute atomic E-state index is 0.0300. The van der Waals surface area contributed by atoms with Gasteiger partial charge in [-0.3, -0.25) is 4.90 Å². The molecule has 0 aromatic heterocycles. The number of aryl methyl sites for hydroxylation is 1. The number of piperidine rings is 1. The monoisotopic (exact) mass is 333 g/mol. The molecule has 0 unspecified atom stereocenters. The molecule has 1 N–H and O–H groups in total. The molecule has 0 aliphatic carbocycles. The third kappa shape index (κ3) is 4.97. The van der Waals surface area contributed by atoms with E-state index < -0.39 is 6.10 Å². The third-order valence-electron chi connectivity index (χ3n) is 5.17. The van der Waals surface area contributed by atoms with Gasteiger partial charge in [-0.2, -0.15) is 0 Å². The number of aliphatic hydroxyl groups excluding tert-OH is 1. The number of likely N-dealkylation sites (tertiary alicyclic amines) is 1. The van der Waals surface area contributed by atoms with Gasteiger partial charge in [0.1, 0.15) is 18.5 Å². The highest BCUT2D eigenvalue weighted by molar-refractivity contribution is 5.41. The van der Waals surface area contributed by atoms with Crippen molar-refractivity contribution in [2.45, 2.75) is 84.4 Å². The maximum atomic E-state index is 10.5. The van der Waals surface area contributed by atoms with E-state index in [0.717, 1.165) is 5.75 Å². The average molecular weight is 334 g/mol. The lowest BCUT2D eigenvalue weighted by atomic mass is 9.85. The van der Waals surface area contributed by atoms with Gasteiger partial charge >= 0.3 is 0 Å². The van der Waals surface area contributed by atoms with Crippen LogP contribution in [-0.2, 0) is 5.41 Å². The first-order valence-electron chi connectivity index (χ1n) is 9.36. The van der Waals surface area contributed by atoms with E-state index in [0.29, 0.717) is 25.2 Å². The highest BCUT2D eigenvalue weighted by Crippen LogP contribution is 2.32. The molecule has 0 bridgehead atoms. The Morgan fingerprint density at radius 1 is 1.21 bits per heavy atom. The summed E-state index contributed by atoms with van der Waals surface area (Å²) in [6.07, 6.45) is 3.29. The van der Waals surface area contributed by atoms with Gasteiger partial charge in [0, 0.05) is 18.6 Å². The van der Waals surface area contributed by atoms with Crippen molar-refractivity contribution in [1.29, 1.82) is 0 Å². The largest absolute Gasteiger partial charge is 0.491 e. The Morgan fingerprint density at radius 2 is 1.83 bits per heavy atom. The summed E-state index contributed by atoms with van der Waals surface area (Å²) >= 11 is 0. The molecule has 136 valence electrons. The molecule has 3 heteroatoms. The van der Waals surface area contributed by atoms with Gasteiger partial charge in [0.05, 0.1) is 0 Å². The van der Waals surface area contributed by atoms with Crippen molar-refractivity contribution in [3.8, 4) is 5.75 Å². The van der Waals surface area contributed by atoms with Crippen LogP contribution < -0.4 is 4.74 Å². The normalized spacial score (nSPS) is 24.0. The summed E-state index contributed by atoms with van der Waals surface area (Å²) in [6, 6.07) is 7.40. The summed E-state index contributed by atoms with van der Waals surface area (Å²) in [6.45, 7) is 14.3. The second-order valence-electron chi connectivity index (χ2n) is 8.54. The maximum absolute atomic E-state index is 10.5. The zero-order valence-electron chi connectivity index (χ0n) is 16.3. The Hall–Kier alpha value is -1.06. The van der Waals surface area contributed by atoms with E-state index in [2.05, 4.69) is 58.6 Å². The van der Waals surface area contributed by atoms with Gasteiger partial charge in [-0.1, -0.05) is 44.9 Å². The van der Waals surface area contributed by atoms with Crippen molar-refractivity contribution < 1.29 is 9.84 Å². The van der Waals surface area contributed by atoms with Crippen molar-refractivity contribution in [3.63, 3.8) is 0 Å². The molecule has 0 amide bonds. The number of rotatable bonds is 5. The summed E-state index contributed by atoms with van der Waals surface area (Å²) in [5.74, 6) is 0.895. The molecule has 1 fully saturated rings. The molecule has 1 aromatic rings. The quantitative estimate of drug-likeness (QED) is 0.872. The fourth-order valence-corrected chi connectivity index (χ4v) is 3.67. The van der Waals surface area contributed by atoms with Crippen molar-refractivity contribution in [2.24, 2.45) is 0 Å². The first-order valence-corrected chi connectivity index (χ1v) is 9.36. The molecule has 2 rings (SSSR count). The van der Waals surface area contributed by atoms with Gasteiger partial charge in [0.25, 0.3) is 0 Å². The fraction of sp³-hybridized carbons (Fsp3) is 0.714. The Kier molecular flexibility index (Phi) is 6.33. The van der Waals surface area contributed by atoms with Crippen LogP contribution in [0.15, 0.2) is 18.2 Å². The van der Waals surface area contributed by atoms with Crippen molar-refractivity contribution >= 4 is 0 Å². The Balaban J connectivity index is 1.98. The third-order valence-corrected chi connectivity index (χ3v) is 5.17. The number of hydrogen-bond donors (Lipinski definition) is 1. The van der Waals surface area contributed by atoms with Gasteiger partial charge in [0.15, 0.2) is 0 Å². The van der Waals surface area contributed by atoms with E-state index in [1.807, 2.05) is 6.07 Å². The number of hydrogen-bond acceptors (Lipinski definition) is 3. The molecular weight excluding hydrogens is 298 g/mol. The summed E-state index contributed by atoms with van der Waals surface area (Å²) in [7, 11) is 0. The molecule has 24 heavy (non-hydrogen) atoms. The summed E-state index contributed by atoms with van der Waals surface area (Å²) < 4.78 is 6.02. The second-order valence-corrected chi connectivity index (χ2v) is 8.54. The van der Waals surface area contributed by atoms with E-state index in [1.54, 1.807) is 0 Å². The Bertz CT molecular complexity index is 525. The zero-order chi connectivity index (χ0) is 17.9. The lowest BCUT2D eigenvalue weighted by molar-refractivity contribution is 0.0206. The molecule has 1 heterocycles. The predicted octanol–water partition coefficient (Wildman–Crippen LogP) is 4.30. The molecule has 1 aliphatic heterocycles. The number of aliphatic hydroxyl groups is 1. The van der Waals surface area contributed by atoms with Gasteiger partial charge in [-0.05, 0) is 50.7 Å². The van der Waals surface area contributed by atoms with E-state index >= 15 is 0 Å². The van der Waals surface area contributed by atoms with Crippen LogP contribution >= 0.6 is 0 Å². The average Bonchev–Trinajstić information content (AvgIpc) is 2.49. The van der Waals surface area contributed by atoms with Crippen LogP contribution in [0, 0.1) is 6.92 Å². The number of benzene rings is 1. The molecule has 3 nitrogen and oxygen atoms in total. The van der Waals surface area contributed by atoms with Crippen LogP contribution in [0.25, 0.3) is 0 Å². The van der Waals surface area contributed by atoms with Gasteiger partial charge < -0.3 is 9.84 Å². The SMILES string of the molecule is Cc1ccc(OC[C@H](O)CN2[C@@H](C)CCC[C@@H]2C)c(C(C)(C)C)c1. The number of nitrogens with zero attached hydrogens (tertiary/aromatic N) is 1. The second kappa shape index (κ2) is 7.88. The minimum atomic E-state index is -0.456.